The third-order valence-electron chi connectivity index (χ3n) is 6.77. The monoisotopic (exact) mass is 470 g/mol. The number of hydrogen-bond acceptors (Lipinski definition) is 4. The predicted octanol–water partition coefficient (Wildman–Crippen LogP) is 5.13. The van der Waals surface area contributed by atoms with Crippen LogP contribution in [0.2, 0.25) is 0 Å². The number of hydrogen-bond donors (Lipinski definition) is 2. The lowest BCUT2D eigenvalue weighted by Gasteiger charge is -2.33. The van der Waals surface area contributed by atoms with E-state index in [1.165, 1.54) is 4.90 Å². The van der Waals surface area contributed by atoms with E-state index in [0.717, 1.165) is 35.1 Å². The maximum absolute atomic E-state index is 12.8. The minimum absolute atomic E-state index is 0.0279. The molecule has 1 aliphatic carbocycles. The molecule has 7 heteroatoms. The van der Waals surface area contributed by atoms with Gasteiger partial charge in [-0.3, -0.25) is 10.1 Å². The molecular weight excluding hydrogens is 444 g/mol. The second-order valence-electron chi connectivity index (χ2n) is 8.88. The zero-order valence-corrected chi connectivity index (χ0v) is 19.1. The largest absolute Gasteiger partial charge is 0.480 e. The predicted molar refractivity (Wildman–Crippen MR) is 131 cm³/mol. The van der Waals surface area contributed by atoms with Crippen molar-refractivity contribution >= 4 is 23.7 Å². The van der Waals surface area contributed by atoms with E-state index in [-0.39, 0.29) is 18.4 Å². The van der Waals surface area contributed by atoms with E-state index in [1.54, 1.807) is 24.3 Å². The first-order valence-electron chi connectivity index (χ1n) is 11.8. The zero-order valence-electron chi connectivity index (χ0n) is 19.1. The number of anilines is 1. The van der Waals surface area contributed by atoms with Crippen molar-refractivity contribution in [2.24, 2.45) is 0 Å². The summed E-state index contributed by atoms with van der Waals surface area (Å²) < 4.78 is 5.57. The number of ether oxygens (including phenoxy) is 1. The average molecular weight is 471 g/mol. The number of likely N-dealkylation sites (tertiary alicyclic amines) is 1. The van der Waals surface area contributed by atoms with Crippen LogP contribution in [0, 0.1) is 0 Å². The van der Waals surface area contributed by atoms with E-state index >= 15 is 0 Å². The molecule has 1 fully saturated rings. The van der Waals surface area contributed by atoms with Crippen LogP contribution in [0.15, 0.2) is 72.8 Å². The Hall–Kier alpha value is -4.13. The summed E-state index contributed by atoms with van der Waals surface area (Å²) in [5.41, 5.74) is 5.49. The fourth-order valence-corrected chi connectivity index (χ4v) is 5.05. The average Bonchev–Trinajstić information content (AvgIpc) is 3.21. The van der Waals surface area contributed by atoms with Gasteiger partial charge in [0.1, 0.15) is 12.6 Å². The first kappa shape index (κ1) is 22.7. The molecule has 7 nitrogen and oxygen atoms in total. The molecule has 3 aromatic rings. The van der Waals surface area contributed by atoms with Crippen molar-refractivity contribution in [3.05, 3.63) is 89.5 Å². The van der Waals surface area contributed by atoms with Gasteiger partial charge in [-0.25, -0.2) is 9.59 Å². The Kier molecular flexibility index (Phi) is 6.23. The lowest BCUT2D eigenvalue weighted by atomic mass is 9.98. The molecule has 0 spiro atoms. The molecule has 5 rings (SSSR count). The normalized spacial score (nSPS) is 16.8. The molecule has 3 aromatic carbocycles. The van der Waals surface area contributed by atoms with Gasteiger partial charge in [-0.1, -0.05) is 48.5 Å². The highest BCUT2D eigenvalue weighted by atomic mass is 16.5. The van der Waals surface area contributed by atoms with Gasteiger partial charge in [-0.2, -0.15) is 0 Å². The maximum Gasteiger partial charge on any atom is 0.411 e. The molecule has 35 heavy (non-hydrogen) atoms. The summed E-state index contributed by atoms with van der Waals surface area (Å²) in [6.07, 6.45) is 1.47. The highest BCUT2D eigenvalue weighted by Gasteiger charge is 2.32. The van der Waals surface area contributed by atoms with Gasteiger partial charge < -0.3 is 14.7 Å². The molecule has 0 radical (unpaired) electrons. The summed E-state index contributed by atoms with van der Waals surface area (Å²) in [6, 6.07) is 21.9. The summed E-state index contributed by atoms with van der Waals surface area (Å²) in [5, 5.41) is 12.1. The van der Waals surface area contributed by atoms with E-state index in [2.05, 4.69) is 29.6 Å². The quantitative estimate of drug-likeness (QED) is 0.539. The molecule has 2 aliphatic rings. The number of aliphatic carboxylic acids is 1. The van der Waals surface area contributed by atoms with E-state index in [4.69, 9.17) is 4.74 Å². The fraction of sp³-hybridized carbons (Fsp3) is 0.250. The van der Waals surface area contributed by atoms with Crippen molar-refractivity contribution in [1.29, 1.82) is 0 Å². The third-order valence-corrected chi connectivity index (χ3v) is 6.77. The Morgan fingerprint density at radius 2 is 1.51 bits per heavy atom. The van der Waals surface area contributed by atoms with Gasteiger partial charge in [-0.05, 0) is 65.8 Å². The first-order chi connectivity index (χ1) is 17.0. The van der Waals surface area contributed by atoms with E-state index < -0.39 is 18.1 Å². The van der Waals surface area contributed by atoms with E-state index in [1.807, 2.05) is 24.3 Å². The number of carboxylic acid groups (broad SMARTS) is 1. The number of nitrogens with one attached hydrogen (secondary N) is 1. The number of carboxylic acids is 1. The van der Waals surface area contributed by atoms with E-state index in [9.17, 15) is 19.5 Å². The molecular formula is C28H26N2O5. The van der Waals surface area contributed by atoms with Crippen LogP contribution in [0.5, 0.6) is 0 Å². The highest BCUT2D eigenvalue weighted by Crippen LogP contribution is 2.44. The summed E-state index contributed by atoms with van der Waals surface area (Å²) in [4.78, 5) is 38.3. The van der Waals surface area contributed by atoms with Gasteiger partial charge in [0, 0.05) is 23.7 Å². The Balaban J connectivity index is 1.21. The van der Waals surface area contributed by atoms with Crippen LogP contribution >= 0.6 is 0 Å². The first-order valence-corrected chi connectivity index (χ1v) is 11.8. The molecule has 178 valence electrons. The Labute approximate surface area is 203 Å². The van der Waals surface area contributed by atoms with Crippen LogP contribution in [0.4, 0.5) is 10.5 Å². The lowest BCUT2D eigenvalue weighted by molar-refractivity contribution is -0.143. The number of benzene rings is 3. The van der Waals surface area contributed by atoms with Gasteiger partial charge in [0.25, 0.3) is 5.91 Å². The van der Waals surface area contributed by atoms with Gasteiger partial charge in [0.15, 0.2) is 0 Å². The highest BCUT2D eigenvalue weighted by molar-refractivity contribution is 5.97. The van der Waals surface area contributed by atoms with Crippen molar-refractivity contribution in [2.45, 2.75) is 31.2 Å². The SMILES string of the molecule is O=C(Nc1ccc(C(=O)N2CCCCC2C(=O)O)cc1)OCC1c2ccccc2-c2ccccc21. The standard InChI is InChI=1S/C28H26N2O5/c31-26(30-16-6-5-11-25(30)27(32)33)18-12-14-19(15-13-18)29-28(34)35-17-24-22-9-3-1-7-20(22)21-8-2-4-10-23(21)24/h1-4,7-10,12-15,24-25H,5-6,11,16-17H2,(H,29,34)(H,32,33). The second kappa shape index (κ2) is 9.62. The van der Waals surface area contributed by atoms with Crippen molar-refractivity contribution in [1.82, 2.24) is 4.90 Å². The second-order valence-corrected chi connectivity index (χ2v) is 8.88. The Bertz CT molecular complexity index is 1220. The number of carbonyl (C=O) groups excluding carboxylic acids is 2. The summed E-state index contributed by atoms with van der Waals surface area (Å²) in [5.74, 6) is -1.32. The molecule has 0 aromatic heterocycles. The van der Waals surface area contributed by atoms with Gasteiger partial charge >= 0.3 is 12.1 Å². The van der Waals surface area contributed by atoms with Gasteiger partial charge in [0.05, 0.1) is 0 Å². The van der Waals surface area contributed by atoms with Crippen molar-refractivity contribution in [3.63, 3.8) is 0 Å². The number of amides is 2. The molecule has 1 heterocycles. The smallest absolute Gasteiger partial charge is 0.411 e. The summed E-state index contributed by atoms with van der Waals surface area (Å²) in [7, 11) is 0. The number of carbonyl (C=O) groups is 3. The molecule has 1 atom stereocenters. The van der Waals surface area contributed by atoms with Gasteiger partial charge in [-0.15, -0.1) is 0 Å². The summed E-state index contributed by atoms with van der Waals surface area (Å²) >= 11 is 0. The zero-order chi connectivity index (χ0) is 24.4. The number of piperidine rings is 1. The molecule has 0 bridgehead atoms. The van der Waals surface area contributed by atoms with Crippen LogP contribution in [0.1, 0.15) is 46.7 Å². The van der Waals surface area contributed by atoms with Crippen LogP contribution in [-0.2, 0) is 9.53 Å². The molecule has 1 saturated heterocycles. The van der Waals surface area contributed by atoms with Gasteiger partial charge in [0.2, 0.25) is 0 Å². The molecule has 1 aliphatic heterocycles. The van der Waals surface area contributed by atoms with Crippen LogP contribution in [-0.4, -0.2) is 47.2 Å². The number of fused-ring (bicyclic) bond motifs is 3. The minimum Gasteiger partial charge on any atom is -0.480 e. The molecule has 2 N–H and O–H groups in total. The lowest BCUT2D eigenvalue weighted by Crippen LogP contribution is -2.47. The summed E-state index contributed by atoms with van der Waals surface area (Å²) in [6.45, 7) is 0.636. The minimum atomic E-state index is -0.980. The third kappa shape index (κ3) is 4.49. The number of nitrogens with zero attached hydrogens (tertiary/aromatic N) is 1. The van der Waals surface area contributed by atoms with Crippen molar-refractivity contribution in [2.75, 3.05) is 18.5 Å². The molecule has 0 saturated carbocycles. The van der Waals surface area contributed by atoms with Crippen LogP contribution in [0.3, 0.4) is 0 Å². The number of rotatable bonds is 5. The van der Waals surface area contributed by atoms with Crippen molar-refractivity contribution < 1.29 is 24.2 Å². The van der Waals surface area contributed by atoms with Crippen LogP contribution in [0.25, 0.3) is 11.1 Å². The van der Waals surface area contributed by atoms with E-state index in [0.29, 0.717) is 24.2 Å². The Morgan fingerprint density at radius 1 is 0.886 bits per heavy atom. The topological polar surface area (TPSA) is 95.9 Å². The fourth-order valence-electron chi connectivity index (χ4n) is 5.05. The maximum atomic E-state index is 12.8. The molecule has 1 unspecified atom stereocenters. The van der Waals surface area contributed by atoms with Crippen LogP contribution < -0.4 is 5.32 Å². The Morgan fingerprint density at radius 3 is 2.14 bits per heavy atom. The van der Waals surface area contributed by atoms with Crippen molar-refractivity contribution in [3.8, 4) is 11.1 Å². The molecule has 2 amide bonds.